The van der Waals surface area contributed by atoms with Gasteiger partial charge >= 0.3 is 0 Å². The number of carbonyl (C=O) groups excluding carboxylic acids is 1. The predicted octanol–water partition coefficient (Wildman–Crippen LogP) is 3.26. The third-order valence-corrected chi connectivity index (χ3v) is 7.63. The van der Waals surface area contributed by atoms with Crippen molar-refractivity contribution in [1.29, 1.82) is 0 Å². The van der Waals surface area contributed by atoms with Crippen LogP contribution in [0.1, 0.15) is 23.2 Å². The Labute approximate surface area is 164 Å². The number of methoxy groups -OCH3 is 1. The summed E-state index contributed by atoms with van der Waals surface area (Å²) in [6.07, 6.45) is 2.72. The Kier molecular flexibility index (Phi) is 4.85. The quantitative estimate of drug-likeness (QED) is 0.732. The van der Waals surface area contributed by atoms with Crippen molar-refractivity contribution in [3.05, 3.63) is 60.3 Å². The van der Waals surface area contributed by atoms with Gasteiger partial charge in [0.1, 0.15) is 5.75 Å². The van der Waals surface area contributed by atoms with Gasteiger partial charge in [-0.1, -0.05) is 0 Å². The largest absolute Gasteiger partial charge is 0.497 e. The lowest BCUT2D eigenvalue weighted by Crippen LogP contribution is -2.42. The number of hydrogen-bond acceptors (Lipinski definition) is 4. The summed E-state index contributed by atoms with van der Waals surface area (Å²) in [5.41, 5.74) is 1.62. The molecule has 1 saturated heterocycles. The maximum Gasteiger partial charge on any atom is 0.253 e. The maximum absolute atomic E-state index is 12.9. The van der Waals surface area contributed by atoms with Gasteiger partial charge in [-0.25, -0.2) is 8.42 Å². The van der Waals surface area contributed by atoms with E-state index < -0.39 is 15.1 Å². The SMILES string of the molecule is COc1ccc(S(=O)(=O)C2CCN(C(=O)c3ccc4[nH]ccc4c3)CC2)cc1. The minimum atomic E-state index is -3.42. The van der Waals surface area contributed by atoms with E-state index in [0.717, 1.165) is 10.9 Å². The van der Waals surface area contributed by atoms with Gasteiger partial charge in [0.25, 0.3) is 5.91 Å². The van der Waals surface area contributed by atoms with Gasteiger partial charge < -0.3 is 14.6 Å². The number of aromatic nitrogens is 1. The fraction of sp³-hybridized carbons (Fsp3) is 0.286. The van der Waals surface area contributed by atoms with E-state index in [0.29, 0.717) is 42.1 Å². The number of fused-ring (bicyclic) bond motifs is 1. The summed E-state index contributed by atoms with van der Waals surface area (Å²) >= 11 is 0. The topological polar surface area (TPSA) is 79.5 Å². The number of H-pyrrole nitrogens is 1. The molecular weight excluding hydrogens is 376 g/mol. The van der Waals surface area contributed by atoms with Crippen LogP contribution in [-0.4, -0.2) is 49.7 Å². The van der Waals surface area contributed by atoms with Crippen LogP contribution in [0, 0.1) is 0 Å². The number of ether oxygens (including phenoxy) is 1. The number of nitrogens with one attached hydrogen (secondary N) is 1. The van der Waals surface area contributed by atoms with Crippen LogP contribution in [0.3, 0.4) is 0 Å². The second kappa shape index (κ2) is 7.31. The zero-order valence-electron chi connectivity index (χ0n) is 15.6. The average molecular weight is 398 g/mol. The van der Waals surface area contributed by atoms with E-state index in [4.69, 9.17) is 4.74 Å². The second-order valence-electron chi connectivity index (χ2n) is 6.99. The summed E-state index contributed by atoms with van der Waals surface area (Å²) in [5.74, 6) is 0.571. The van der Waals surface area contributed by atoms with Gasteiger partial charge in [0.2, 0.25) is 0 Å². The molecule has 4 rings (SSSR count). The van der Waals surface area contributed by atoms with Gasteiger partial charge in [0.05, 0.1) is 17.3 Å². The number of nitrogens with zero attached hydrogens (tertiary/aromatic N) is 1. The van der Waals surface area contributed by atoms with Crippen molar-refractivity contribution in [1.82, 2.24) is 9.88 Å². The highest BCUT2D eigenvalue weighted by Crippen LogP contribution is 2.27. The van der Waals surface area contributed by atoms with E-state index in [9.17, 15) is 13.2 Å². The first-order valence-electron chi connectivity index (χ1n) is 9.23. The van der Waals surface area contributed by atoms with E-state index in [1.54, 1.807) is 42.3 Å². The van der Waals surface area contributed by atoms with Crippen LogP contribution >= 0.6 is 0 Å². The molecule has 0 radical (unpaired) electrons. The lowest BCUT2D eigenvalue weighted by Gasteiger charge is -2.32. The molecule has 146 valence electrons. The molecule has 0 spiro atoms. The number of hydrogen-bond donors (Lipinski definition) is 1. The van der Waals surface area contributed by atoms with Gasteiger partial charge in [-0.05, 0) is 61.4 Å². The van der Waals surface area contributed by atoms with Crippen molar-refractivity contribution in [3.63, 3.8) is 0 Å². The van der Waals surface area contributed by atoms with Crippen molar-refractivity contribution in [2.75, 3.05) is 20.2 Å². The van der Waals surface area contributed by atoms with Crippen LogP contribution in [0.15, 0.2) is 59.6 Å². The third kappa shape index (κ3) is 3.38. The summed E-state index contributed by atoms with van der Waals surface area (Å²) in [6, 6.07) is 14.0. The first kappa shape index (κ1) is 18.6. The molecule has 0 atom stereocenters. The zero-order valence-corrected chi connectivity index (χ0v) is 16.4. The molecule has 1 aliphatic heterocycles. The second-order valence-corrected chi connectivity index (χ2v) is 9.22. The Bertz CT molecular complexity index is 1090. The summed E-state index contributed by atoms with van der Waals surface area (Å²) in [4.78, 5) is 18.0. The molecule has 1 amide bonds. The molecule has 0 unspecified atom stereocenters. The number of rotatable bonds is 4. The number of piperidine rings is 1. The minimum Gasteiger partial charge on any atom is -0.497 e. The van der Waals surface area contributed by atoms with Crippen LogP contribution in [0.4, 0.5) is 0 Å². The van der Waals surface area contributed by atoms with Crippen LogP contribution in [0.25, 0.3) is 10.9 Å². The summed E-state index contributed by atoms with van der Waals surface area (Å²) in [5, 5.41) is 0.514. The third-order valence-electron chi connectivity index (χ3n) is 5.36. The number of likely N-dealkylation sites (tertiary alicyclic amines) is 1. The van der Waals surface area contributed by atoms with E-state index >= 15 is 0 Å². The summed E-state index contributed by atoms with van der Waals surface area (Å²) < 4.78 is 30.9. The number of aromatic amines is 1. The average Bonchev–Trinajstić information content (AvgIpc) is 3.21. The summed E-state index contributed by atoms with van der Waals surface area (Å²) in [6.45, 7) is 0.869. The van der Waals surface area contributed by atoms with Crippen molar-refractivity contribution in [2.24, 2.45) is 0 Å². The van der Waals surface area contributed by atoms with Crippen LogP contribution < -0.4 is 4.74 Å². The van der Waals surface area contributed by atoms with Gasteiger partial charge in [-0.2, -0.15) is 0 Å². The zero-order chi connectivity index (χ0) is 19.7. The van der Waals surface area contributed by atoms with Crippen LogP contribution in [-0.2, 0) is 9.84 Å². The summed E-state index contributed by atoms with van der Waals surface area (Å²) in [7, 11) is -1.87. The smallest absolute Gasteiger partial charge is 0.253 e. The fourth-order valence-corrected chi connectivity index (χ4v) is 5.43. The molecule has 0 aliphatic carbocycles. The maximum atomic E-state index is 12.9. The Morgan fingerprint density at radius 1 is 1.07 bits per heavy atom. The lowest BCUT2D eigenvalue weighted by atomic mass is 10.1. The molecule has 1 N–H and O–H groups in total. The fourth-order valence-electron chi connectivity index (χ4n) is 3.70. The molecule has 1 fully saturated rings. The van der Waals surface area contributed by atoms with Crippen LogP contribution in [0.5, 0.6) is 5.75 Å². The van der Waals surface area contributed by atoms with Crippen molar-refractivity contribution in [3.8, 4) is 5.75 Å². The molecule has 6 nitrogen and oxygen atoms in total. The molecule has 28 heavy (non-hydrogen) atoms. The van der Waals surface area contributed by atoms with Crippen molar-refractivity contribution in [2.45, 2.75) is 23.0 Å². The predicted molar refractivity (Wildman–Crippen MR) is 107 cm³/mol. The molecule has 0 saturated carbocycles. The molecule has 7 heteroatoms. The highest BCUT2D eigenvalue weighted by Gasteiger charge is 2.33. The van der Waals surface area contributed by atoms with Crippen LogP contribution in [0.2, 0.25) is 0 Å². The van der Waals surface area contributed by atoms with E-state index in [1.807, 2.05) is 24.4 Å². The van der Waals surface area contributed by atoms with Gasteiger partial charge in [0.15, 0.2) is 9.84 Å². The molecule has 1 aliphatic rings. The van der Waals surface area contributed by atoms with Crippen molar-refractivity contribution < 1.29 is 17.9 Å². The van der Waals surface area contributed by atoms with Gasteiger partial charge in [-0.15, -0.1) is 0 Å². The Balaban J connectivity index is 1.45. The molecule has 2 aromatic carbocycles. The first-order valence-corrected chi connectivity index (χ1v) is 10.8. The Hall–Kier alpha value is -2.80. The van der Waals surface area contributed by atoms with E-state index in [1.165, 1.54) is 0 Å². The molecule has 2 heterocycles. The highest BCUT2D eigenvalue weighted by atomic mass is 32.2. The minimum absolute atomic E-state index is 0.0524. The number of sulfone groups is 1. The first-order chi connectivity index (χ1) is 13.5. The monoisotopic (exact) mass is 398 g/mol. The normalized spacial score (nSPS) is 15.7. The molecule has 3 aromatic rings. The number of amides is 1. The number of carbonyl (C=O) groups is 1. The Morgan fingerprint density at radius 3 is 2.46 bits per heavy atom. The standard InChI is InChI=1S/C21H22N2O4S/c1-27-17-3-5-18(6-4-17)28(25,26)19-9-12-23(13-10-19)21(24)16-2-7-20-15(14-16)8-11-22-20/h2-8,11,14,19,22H,9-10,12-13H2,1H3. The van der Waals surface area contributed by atoms with Gasteiger partial charge in [-0.3, -0.25) is 4.79 Å². The molecule has 0 bridgehead atoms. The van der Waals surface area contributed by atoms with E-state index in [2.05, 4.69) is 4.98 Å². The Morgan fingerprint density at radius 2 is 1.79 bits per heavy atom. The highest BCUT2D eigenvalue weighted by molar-refractivity contribution is 7.92. The number of benzene rings is 2. The molecular formula is C21H22N2O4S. The van der Waals surface area contributed by atoms with Crippen molar-refractivity contribution >= 4 is 26.6 Å². The van der Waals surface area contributed by atoms with Gasteiger partial charge in [0, 0.05) is 35.8 Å². The molecule has 1 aromatic heterocycles. The lowest BCUT2D eigenvalue weighted by molar-refractivity contribution is 0.0726. The van der Waals surface area contributed by atoms with E-state index in [-0.39, 0.29) is 5.91 Å².